The molecule has 0 aromatic heterocycles. The second kappa shape index (κ2) is 2.52. The quantitative estimate of drug-likeness (QED) is 0.468. The number of alkyl halides is 1. The third kappa shape index (κ3) is 0.875. The van der Waals surface area contributed by atoms with Crippen molar-refractivity contribution >= 4 is 11.6 Å². The van der Waals surface area contributed by atoms with Crippen molar-refractivity contribution in [2.75, 3.05) is 0 Å². The van der Waals surface area contributed by atoms with Crippen LogP contribution < -0.4 is 0 Å². The van der Waals surface area contributed by atoms with Gasteiger partial charge in [-0.05, 0) is 37.0 Å². The molecule has 3 aliphatic carbocycles. The first kappa shape index (κ1) is 8.31. The molecule has 0 aliphatic heterocycles. The van der Waals surface area contributed by atoms with Crippen molar-refractivity contribution in [1.29, 1.82) is 0 Å². The Morgan fingerprint density at radius 1 is 1.46 bits per heavy atom. The maximum absolute atomic E-state index is 9.89. The fourth-order valence-corrected chi connectivity index (χ4v) is 4.51. The van der Waals surface area contributed by atoms with E-state index in [0.717, 1.165) is 25.2 Å². The summed E-state index contributed by atoms with van der Waals surface area (Å²) in [7, 11) is 0. The smallest absolute Gasteiger partial charge is 0.0591 e. The normalized spacial score (nSPS) is 58.3. The molecule has 0 heterocycles. The van der Waals surface area contributed by atoms with Gasteiger partial charge in [-0.2, -0.15) is 0 Å². The SMILES string of the molecule is O[C@@H]1CC[C@]23C=CC[C@@H]2C[C@@H](Cl)[C@H]13. The fourth-order valence-electron chi connectivity index (χ4n) is 3.89. The standard InChI is InChI=1S/C11H15ClO/c12-8-6-7-2-1-4-11(7)5-3-9(13)10(8)11/h1,4,7-10,13H,2-3,5-6H2/t7-,8-,9-,10-,11-/m1/s1. The minimum atomic E-state index is -0.143. The lowest BCUT2D eigenvalue weighted by molar-refractivity contribution is 0.108. The van der Waals surface area contributed by atoms with Gasteiger partial charge in [-0.15, -0.1) is 11.6 Å². The number of allylic oxidation sites excluding steroid dienone is 2. The second-order valence-electron chi connectivity index (χ2n) is 4.83. The maximum Gasteiger partial charge on any atom is 0.0591 e. The molecule has 2 saturated carbocycles. The Morgan fingerprint density at radius 2 is 2.31 bits per heavy atom. The van der Waals surface area contributed by atoms with Gasteiger partial charge in [-0.25, -0.2) is 0 Å². The molecule has 1 nitrogen and oxygen atoms in total. The minimum absolute atomic E-state index is 0.143. The second-order valence-corrected chi connectivity index (χ2v) is 5.39. The number of rotatable bonds is 0. The molecule has 0 unspecified atom stereocenters. The molecule has 0 aromatic carbocycles. The zero-order chi connectivity index (χ0) is 9.05. The lowest BCUT2D eigenvalue weighted by Crippen LogP contribution is -2.29. The maximum atomic E-state index is 9.89. The highest BCUT2D eigenvalue weighted by Crippen LogP contribution is 2.63. The van der Waals surface area contributed by atoms with Crippen LogP contribution in [0, 0.1) is 17.3 Å². The number of aliphatic hydroxyl groups is 1. The van der Waals surface area contributed by atoms with Crippen LogP contribution in [0.2, 0.25) is 0 Å². The van der Waals surface area contributed by atoms with Crippen molar-refractivity contribution in [3.8, 4) is 0 Å². The predicted molar refractivity (Wildman–Crippen MR) is 52.7 cm³/mol. The van der Waals surface area contributed by atoms with E-state index in [-0.39, 0.29) is 11.5 Å². The molecule has 72 valence electrons. The molecule has 0 amide bonds. The van der Waals surface area contributed by atoms with E-state index in [2.05, 4.69) is 12.2 Å². The molecule has 2 fully saturated rings. The van der Waals surface area contributed by atoms with Crippen LogP contribution in [0.25, 0.3) is 0 Å². The van der Waals surface area contributed by atoms with Gasteiger partial charge < -0.3 is 5.11 Å². The monoisotopic (exact) mass is 198 g/mol. The highest BCUT2D eigenvalue weighted by molar-refractivity contribution is 6.21. The van der Waals surface area contributed by atoms with Gasteiger partial charge >= 0.3 is 0 Å². The molecule has 1 spiro atoms. The van der Waals surface area contributed by atoms with Gasteiger partial charge in [0.2, 0.25) is 0 Å². The summed E-state index contributed by atoms with van der Waals surface area (Å²) in [6.45, 7) is 0. The van der Waals surface area contributed by atoms with E-state index in [4.69, 9.17) is 11.6 Å². The molecule has 1 N–H and O–H groups in total. The van der Waals surface area contributed by atoms with Crippen molar-refractivity contribution in [2.24, 2.45) is 17.3 Å². The summed E-state index contributed by atoms with van der Waals surface area (Å²) in [6.07, 6.45) is 8.90. The van der Waals surface area contributed by atoms with E-state index >= 15 is 0 Å². The Balaban J connectivity index is 2.03. The van der Waals surface area contributed by atoms with Crippen molar-refractivity contribution in [3.63, 3.8) is 0 Å². The van der Waals surface area contributed by atoms with Gasteiger partial charge in [0.05, 0.1) is 6.10 Å². The van der Waals surface area contributed by atoms with Gasteiger partial charge in [0, 0.05) is 11.3 Å². The van der Waals surface area contributed by atoms with Crippen molar-refractivity contribution in [1.82, 2.24) is 0 Å². The Morgan fingerprint density at radius 3 is 3.15 bits per heavy atom. The molecular formula is C11H15ClO. The van der Waals surface area contributed by atoms with E-state index < -0.39 is 0 Å². The number of halogens is 1. The summed E-state index contributed by atoms with van der Waals surface area (Å²) in [6, 6.07) is 0. The zero-order valence-electron chi connectivity index (χ0n) is 7.62. The van der Waals surface area contributed by atoms with Crippen molar-refractivity contribution < 1.29 is 5.11 Å². The Kier molecular flexibility index (Phi) is 1.61. The summed E-state index contributed by atoms with van der Waals surface area (Å²) >= 11 is 6.31. The Labute approximate surface area is 83.8 Å². The first-order valence-corrected chi connectivity index (χ1v) is 5.67. The average molecular weight is 199 g/mol. The van der Waals surface area contributed by atoms with Crippen LogP contribution in [0.15, 0.2) is 12.2 Å². The Hall–Kier alpha value is -0.0100. The molecule has 2 heteroatoms. The van der Waals surface area contributed by atoms with E-state index in [0.29, 0.717) is 11.3 Å². The Bertz CT molecular complexity index is 263. The summed E-state index contributed by atoms with van der Waals surface area (Å²) in [4.78, 5) is 0. The highest BCUT2D eigenvalue weighted by atomic mass is 35.5. The first-order valence-electron chi connectivity index (χ1n) is 5.24. The average Bonchev–Trinajstić information content (AvgIpc) is 2.65. The van der Waals surface area contributed by atoms with Gasteiger partial charge in [-0.1, -0.05) is 12.2 Å². The van der Waals surface area contributed by atoms with E-state index in [1.165, 1.54) is 6.42 Å². The fraction of sp³-hybridized carbons (Fsp3) is 0.818. The lowest BCUT2D eigenvalue weighted by Gasteiger charge is -2.29. The van der Waals surface area contributed by atoms with Crippen LogP contribution in [-0.4, -0.2) is 16.6 Å². The molecule has 3 aliphatic rings. The van der Waals surface area contributed by atoms with Crippen LogP contribution in [-0.2, 0) is 0 Å². The number of aliphatic hydroxyl groups excluding tert-OH is 1. The van der Waals surface area contributed by atoms with Crippen LogP contribution in [0.1, 0.15) is 25.7 Å². The molecule has 0 aromatic rings. The van der Waals surface area contributed by atoms with Crippen LogP contribution >= 0.6 is 11.6 Å². The van der Waals surface area contributed by atoms with Crippen LogP contribution in [0.4, 0.5) is 0 Å². The summed E-state index contributed by atoms with van der Waals surface area (Å²) in [5.41, 5.74) is 0.297. The summed E-state index contributed by atoms with van der Waals surface area (Å²) in [5, 5.41) is 10.1. The van der Waals surface area contributed by atoms with Crippen molar-refractivity contribution in [3.05, 3.63) is 12.2 Å². The molecule has 13 heavy (non-hydrogen) atoms. The van der Waals surface area contributed by atoms with Gasteiger partial charge in [-0.3, -0.25) is 0 Å². The molecule has 0 radical (unpaired) electrons. The summed E-state index contributed by atoms with van der Waals surface area (Å²) < 4.78 is 0. The zero-order valence-corrected chi connectivity index (χ0v) is 8.37. The van der Waals surface area contributed by atoms with Gasteiger partial charge in [0.1, 0.15) is 0 Å². The highest BCUT2D eigenvalue weighted by Gasteiger charge is 2.59. The van der Waals surface area contributed by atoms with Crippen LogP contribution in [0.3, 0.4) is 0 Å². The molecular weight excluding hydrogens is 184 g/mol. The number of hydrogen-bond donors (Lipinski definition) is 1. The van der Waals surface area contributed by atoms with Crippen LogP contribution in [0.5, 0.6) is 0 Å². The summed E-state index contributed by atoms with van der Waals surface area (Å²) in [5.74, 6) is 1.08. The van der Waals surface area contributed by atoms with E-state index in [1.54, 1.807) is 0 Å². The molecule has 0 bridgehead atoms. The van der Waals surface area contributed by atoms with E-state index in [9.17, 15) is 5.11 Å². The minimum Gasteiger partial charge on any atom is -0.393 e. The lowest BCUT2D eigenvalue weighted by atomic mass is 9.76. The first-order chi connectivity index (χ1) is 6.24. The van der Waals surface area contributed by atoms with Gasteiger partial charge in [0.25, 0.3) is 0 Å². The largest absolute Gasteiger partial charge is 0.393 e. The molecule has 3 rings (SSSR count). The predicted octanol–water partition coefficient (Wildman–Crippen LogP) is 2.33. The molecule has 0 saturated heterocycles. The van der Waals surface area contributed by atoms with E-state index in [1.807, 2.05) is 0 Å². The molecule has 5 atom stereocenters. The third-order valence-corrected chi connectivity index (χ3v) is 4.87. The van der Waals surface area contributed by atoms with Gasteiger partial charge in [0.15, 0.2) is 0 Å². The number of hydrogen-bond acceptors (Lipinski definition) is 1. The third-order valence-electron chi connectivity index (χ3n) is 4.42. The van der Waals surface area contributed by atoms with Crippen molar-refractivity contribution in [2.45, 2.75) is 37.2 Å². The topological polar surface area (TPSA) is 20.2 Å².